The monoisotopic (exact) mass is 295 g/mol. The molecular formula is C13H18ClN5O. The molecule has 4 N–H and O–H groups in total. The molecule has 3 rings (SSSR count). The molecule has 0 aliphatic heterocycles. The molecule has 1 fully saturated rings. The number of benzene rings is 1. The van der Waals surface area contributed by atoms with Crippen molar-refractivity contribution in [2.24, 2.45) is 17.6 Å². The first-order valence-corrected chi connectivity index (χ1v) is 6.59. The molecule has 2 atom stereocenters. The normalized spacial score (nSPS) is 21.6. The first-order valence-electron chi connectivity index (χ1n) is 6.59. The number of amides is 1. The SMILES string of the molecule is Cl.NC[C@H]1CCC[C@H]1C(=O)Nc1ccc2n[nH]nc2c1. The van der Waals surface area contributed by atoms with E-state index in [9.17, 15) is 4.79 Å². The van der Waals surface area contributed by atoms with Gasteiger partial charge >= 0.3 is 0 Å². The third kappa shape index (κ3) is 2.76. The maximum absolute atomic E-state index is 12.2. The first-order chi connectivity index (χ1) is 9.28. The third-order valence-corrected chi connectivity index (χ3v) is 3.88. The van der Waals surface area contributed by atoms with Crippen LogP contribution in [0.3, 0.4) is 0 Å². The molecule has 0 bridgehead atoms. The highest BCUT2D eigenvalue weighted by atomic mass is 35.5. The first kappa shape index (κ1) is 14.7. The molecule has 1 aliphatic carbocycles. The summed E-state index contributed by atoms with van der Waals surface area (Å²) in [5.41, 5.74) is 8.01. The minimum atomic E-state index is 0. The molecule has 7 heteroatoms. The van der Waals surface area contributed by atoms with Gasteiger partial charge in [0.15, 0.2) is 0 Å². The van der Waals surface area contributed by atoms with Crippen LogP contribution in [0.2, 0.25) is 0 Å². The summed E-state index contributed by atoms with van der Waals surface area (Å²) < 4.78 is 0. The molecule has 1 saturated carbocycles. The number of hydrogen-bond acceptors (Lipinski definition) is 4. The van der Waals surface area contributed by atoms with Crippen LogP contribution in [0, 0.1) is 11.8 Å². The maximum Gasteiger partial charge on any atom is 0.227 e. The van der Waals surface area contributed by atoms with Crippen molar-refractivity contribution in [3.8, 4) is 0 Å². The van der Waals surface area contributed by atoms with Gasteiger partial charge in [0.05, 0.1) is 0 Å². The standard InChI is InChI=1S/C13H17N5O.ClH/c14-7-8-2-1-3-10(8)13(19)15-9-4-5-11-12(6-9)17-18-16-11;/h4-6,8,10H,1-3,7,14H2,(H,15,19)(H,16,17,18);1H/t8-,10-;/m1./s1. The Bertz CT molecular complexity index is 599. The average Bonchev–Trinajstić information content (AvgIpc) is 3.06. The van der Waals surface area contributed by atoms with E-state index in [2.05, 4.69) is 20.7 Å². The number of nitrogens with zero attached hydrogens (tertiary/aromatic N) is 2. The molecule has 0 spiro atoms. The zero-order valence-electron chi connectivity index (χ0n) is 11.0. The lowest BCUT2D eigenvalue weighted by Crippen LogP contribution is -2.29. The van der Waals surface area contributed by atoms with Crippen LogP contribution in [0.1, 0.15) is 19.3 Å². The molecule has 1 aromatic carbocycles. The van der Waals surface area contributed by atoms with Gasteiger partial charge in [-0.3, -0.25) is 4.79 Å². The molecule has 1 heterocycles. The number of nitrogens with two attached hydrogens (primary N) is 1. The molecule has 1 amide bonds. The van der Waals surface area contributed by atoms with E-state index in [1.54, 1.807) is 0 Å². The van der Waals surface area contributed by atoms with Gasteiger partial charge in [-0.2, -0.15) is 15.4 Å². The van der Waals surface area contributed by atoms with Gasteiger partial charge in [0, 0.05) is 11.6 Å². The van der Waals surface area contributed by atoms with E-state index in [0.717, 1.165) is 36.0 Å². The number of nitrogens with one attached hydrogen (secondary N) is 2. The van der Waals surface area contributed by atoms with Crippen molar-refractivity contribution in [3.05, 3.63) is 18.2 Å². The highest BCUT2D eigenvalue weighted by Gasteiger charge is 2.31. The van der Waals surface area contributed by atoms with Gasteiger partial charge < -0.3 is 11.1 Å². The van der Waals surface area contributed by atoms with Crippen LogP contribution >= 0.6 is 12.4 Å². The Kier molecular flexibility index (Phi) is 4.57. The molecule has 1 aliphatic rings. The minimum absolute atomic E-state index is 0. The highest BCUT2D eigenvalue weighted by molar-refractivity contribution is 5.94. The van der Waals surface area contributed by atoms with Crippen molar-refractivity contribution >= 4 is 35.0 Å². The molecule has 0 unspecified atom stereocenters. The predicted molar refractivity (Wildman–Crippen MR) is 79.7 cm³/mol. The Morgan fingerprint density at radius 3 is 2.95 bits per heavy atom. The summed E-state index contributed by atoms with van der Waals surface area (Å²) in [7, 11) is 0. The molecule has 108 valence electrons. The van der Waals surface area contributed by atoms with Crippen molar-refractivity contribution < 1.29 is 4.79 Å². The van der Waals surface area contributed by atoms with Gasteiger partial charge in [-0.05, 0) is 43.5 Å². The van der Waals surface area contributed by atoms with Crippen LogP contribution in [-0.2, 0) is 4.79 Å². The number of aromatic amines is 1. The summed E-state index contributed by atoms with van der Waals surface area (Å²) in [6.45, 7) is 0.584. The fourth-order valence-corrected chi connectivity index (χ4v) is 2.82. The van der Waals surface area contributed by atoms with Crippen molar-refractivity contribution in [2.45, 2.75) is 19.3 Å². The largest absolute Gasteiger partial charge is 0.330 e. The van der Waals surface area contributed by atoms with E-state index in [0.29, 0.717) is 12.5 Å². The van der Waals surface area contributed by atoms with Crippen molar-refractivity contribution in [1.29, 1.82) is 0 Å². The average molecular weight is 296 g/mol. The molecule has 0 radical (unpaired) electrons. The van der Waals surface area contributed by atoms with Crippen LogP contribution in [0.5, 0.6) is 0 Å². The smallest absolute Gasteiger partial charge is 0.227 e. The molecule has 20 heavy (non-hydrogen) atoms. The van der Waals surface area contributed by atoms with Gasteiger partial charge in [0.2, 0.25) is 5.91 Å². The summed E-state index contributed by atoms with van der Waals surface area (Å²) in [6.07, 6.45) is 3.07. The number of anilines is 1. The summed E-state index contributed by atoms with van der Waals surface area (Å²) >= 11 is 0. The number of halogens is 1. The zero-order valence-corrected chi connectivity index (χ0v) is 11.8. The Balaban J connectivity index is 0.00000147. The van der Waals surface area contributed by atoms with Gasteiger partial charge in [0.25, 0.3) is 0 Å². The Morgan fingerprint density at radius 1 is 1.35 bits per heavy atom. The van der Waals surface area contributed by atoms with E-state index < -0.39 is 0 Å². The summed E-state index contributed by atoms with van der Waals surface area (Å²) in [5.74, 6) is 0.421. The zero-order chi connectivity index (χ0) is 13.2. The van der Waals surface area contributed by atoms with Crippen LogP contribution in [-0.4, -0.2) is 27.9 Å². The second-order valence-corrected chi connectivity index (χ2v) is 5.05. The van der Waals surface area contributed by atoms with Crippen molar-refractivity contribution in [1.82, 2.24) is 15.4 Å². The quantitative estimate of drug-likeness (QED) is 0.803. The summed E-state index contributed by atoms with van der Waals surface area (Å²) in [4.78, 5) is 12.2. The molecule has 0 saturated heterocycles. The second-order valence-electron chi connectivity index (χ2n) is 5.05. The van der Waals surface area contributed by atoms with E-state index in [1.807, 2.05) is 18.2 Å². The van der Waals surface area contributed by atoms with Gasteiger partial charge in [-0.1, -0.05) is 6.42 Å². The Hall–Kier alpha value is -1.66. The van der Waals surface area contributed by atoms with Crippen LogP contribution in [0.15, 0.2) is 18.2 Å². The number of carbonyl (C=O) groups excluding carboxylic acids is 1. The highest BCUT2D eigenvalue weighted by Crippen LogP contribution is 2.32. The topological polar surface area (TPSA) is 96.7 Å². The second kappa shape index (κ2) is 6.19. The number of carbonyl (C=O) groups is 1. The molecular weight excluding hydrogens is 278 g/mol. The third-order valence-electron chi connectivity index (χ3n) is 3.88. The Labute approximate surface area is 122 Å². The van der Waals surface area contributed by atoms with E-state index in [4.69, 9.17) is 5.73 Å². The fourth-order valence-electron chi connectivity index (χ4n) is 2.82. The van der Waals surface area contributed by atoms with E-state index in [-0.39, 0.29) is 24.2 Å². The van der Waals surface area contributed by atoms with E-state index >= 15 is 0 Å². The van der Waals surface area contributed by atoms with E-state index in [1.165, 1.54) is 0 Å². The number of hydrogen-bond donors (Lipinski definition) is 3. The van der Waals surface area contributed by atoms with Gasteiger partial charge in [-0.25, -0.2) is 0 Å². The maximum atomic E-state index is 12.2. The van der Waals surface area contributed by atoms with Crippen LogP contribution in [0.25, 0.3) is 11.0 Å². The van der Waals surface area contributed by atoms with Gasteiger partial charge in [0.1, 0.15) is 11.0 Å². The van der Waals surface area contributed by atoms with Crippen molar-refractivity contribution in [3.63, 3.8) is 0 Å². The molecule has 6 nitrogen and oxygen atoms in total. The number of aromatic nitrogens is 3. The lowest BCUT2D eigenvalue weighted by Gasteiger charge is -2.17. The summed E-state index contributed by atoms with van der Waals surface area (Å²) in [6, 6.07) is 5.50. The van der Waals surface area contributed by atoms with Crippen LogP contribution in [0.4, 0.5) is 5.69 Å². The number of H-pyrrole nitrogens is 1. The molecule has 2 aromatic rings. The van der Waals surface area contributed by atoms with Crippen LogP contribution < -0.4 is 11.1 Å². The predicted octanol–water partition coefficient (Wildman–Crippen LogP) is 1.69. The van der Waals surface area contributed by atoms with Crippen molar-refractivity contribution in [2.75, 3.05) is 11.9 Å². The number of fused-ring (bicyclic) bond motifs is 1. The number of rotatable bonds is 3. The minimum Gasteiger partial charge on any atom is -0.330 e. The summed E-state index contributed by atoms with van der Waals surface area (Å²) in [5, 5.41) is 13.5. The Morgan fingerprint density at radius 2 is 2.15 bits per heavy atom. The lowest BCUT2D eigenvalue weighted by atomic mass is 9.95. The molecule has 1 aromatic heterocycles. The fraction of sp³-hybridized carbons (Fsp3) is 0.462. The lowest BCUT2D eigenvalue weighted by molar-refractivity contribution is -0.120. The van der Waals surface area contributed by atoms with Gasteiger partial charge in [-0.15, -0.1) is 12.4 Å².